The van der Waals surface area contributed by atoms with E-state index in [1.54, 1.807) is 10.8 Å². The van der Waals surface area contributed by atoms with E-state index in [-0.39, 0.29) is 17.2 Å². The number of fused-ring (bicyclic) bond motifs is 1. The number of nitrogens with zero attached hydrogens (tertiary/aromatic N) is 4. The van der Waals surface area contributed by atoms with Crippen molar-refractivity contribution in [2.75, 3.05) is 0 Å². The first-order valence-corrected chi connectivity index (χ1v) is 7.62. The molecule has 2 aromatic heterocycles. The molecule has 23 heavy (non-hydrogen) atoms. The summed E-state index contributed by atoms with van der Waals surface area (Å²) in [6, 6.07) is 2.06. The van der Waals surface area contributed by atoms with Crippen LogP contribution in [-0.4, -0.2) is 31.3 Å². The number of nitriles is 1. The number of aromatic nitrogens is 3. The van der Waals surface area contributed by atoms with Crippen molar-refractivity contribution in [1.82, 2.24) is 14.5 Å². The van der Waals surface area contributed by atoms with Gasteiger partial charge in [0.2, 0.25) is 0 Å². The number of terminal acetylenes is 1. The summed E-state index contributed by atoms with van der Waals surface area (Å²) in [7, 11) is 0. The Kier molecular flexibility index (Phi) is 3.77. The van der Waals surface area contributed by atoms with Gasteiger partial charge in [0.1, 0.15) is 23.2 Å². The molecule has 0 amide bonds. The van der Waals surface area contributed by atoms with Crippen molar-refractivity contribution >= 4 is 22.6 Å². The highest BCUT2D eigenvalue weighted by Gasteiger charge is 2.53. The highest BCUT2D eigenvalue weighted by Crippen LogP contribution is 2.45. The molecule has 1 aliphatic heterocycles. The summed E-state index contributed by atoms with van der Waals surface area (Å²) in [6.45, 7) is 3.82. The second-order valence-corrected chi connectivity index (χ2v) is 5.98. The number of aliphatic hydroxyl groups is 1. The average Bonchev–Trinajstić information content (AvgIpc) is 3.05. The number of hydrogen-bond acceptors (Lipinski definition) is 5. The van der Waals surface area contributed by atoms with E-state index in [1.807, 2.05) is 13.8 Å². The summed E-state index contributed by atoms with van der Waals surface area (Å²) in [5, 5.41) is 20.9. The van der Waals surface area contributed by atoms with E-state index >= 15 is 0 Å². The highest BCUT2D eigenvalue weighted by molar-refractivity contribution is 6.34. The van der Waals surface area contributed by atoms with Crippen molar-refractivity contribution < 1.29 is 9.84 Å². The first-order valence-electron chi connectivity index (χ1n) is 7.24. The monoisotopic (exact) mass is 330 g/mol. The average molecular weight is 331 g/mol. The lowest BCUT2D eigenvalue weighted by atomic mass is 9.86. The number of rotatable bonds is 2. The highest BCUT2D eigenvalue weighted by atomic mass is 35.5. The van der Waals surface area contributed by atoms with Gasteiger partial charge in [-0.25, -0.2) is 9.97 Å². The Balaban J connectivity index is 2.24. The maximum Gasteiger partial charge on any atom is 0.176 e. The first kappa shape index (κ1) is 15.8. The lowest BCUT2D eigenvalue weighted by Crippen LogP contribution is -2.39. The van der Waals surface area contributed by atoms with E-state index in [4.69, 9.17) is 22.8 Å². The fourth-order valence-corrected chi connectivity index (χ4v) is 3.37. The van der Waals surface area contributed by atoms with Crippen LogP contribution in [0.3, 0.4) is 0 Å². The molecule has 0 bridgehead atoms. The Bertz CT molecular complexity index is 850. The molecule has 6 nitrogen and oxygen atoms in total. The van der Waals surface area contributed by atoms with Gasteiger partial charge in [-0.2, -0.15) is 5.26 Å². The molecule has 1 fully saturated rings. The third-order valence-corrected chi connectivity index (χ3v) is 4.79. The second kappa shape index (κ2) is 5.50. The third kappa shape index (κ3) is 2.11. The SMILES string of the molecule is C#C[C@@]1(O)[C@H](C)[C@@H](CC)O[C@H]1n1cc(C#N)c2c(Cl)ncnc21. The van der Waals surface area contributed by atoms with Crippen LogP contribution in [0.4, 0.5) is 0 Å². The van der Waals surface area contributed by atoms with Crippen molar-refractivity contribution in [3.05, 3.63) is 23.2 Å². The zero-order chi connectivity index (χ0) is 16.8. The van der Waals surface area contributed by atoms with Gasteiger partial charge in [0.25, 0.3) is 0 Å². The van der Waals surface area contributed by atoms with E-state index in [0.29, 0.717) is 23.0 Å². The van der Waals surface area contributed by atoms with E-state index < -0.39 is 11.8 Å². The molecule has 0 saturated carbocycles. The molecule has 3 rings (SSSR count). The standard InChI is InChI=1S/C16H15ClN4O2/c1-4-11-9(3)16(22,5-2)15(23-11)21-7-10(6-18)12-13(17)19-8-20-14(12)21/h2,7-9,11,15,22H,4H2,1,3H3/t9-,11-,15-,16-/m1/s1. The van der Waals surface area contributed by atoms with Crippen LogP contribution in [0.2, 0.25) is 5.15 Å². The molecule has 1 aliphatic rings. The lowest BCUT2D eigenvalue weighted by molar-refractivity contribution is -0.0626. The second-order valence-electron chi connectivity index (χ2n) is 5.62. The quantitative estimate of drug-likeness (QED) is 0.674. The molecular formula is C16H15ClN4O2. The van der Waals surface area contributed by atoms with Crippen LogP contribution >= 0.6 is 11.6 Å². The summed E-state index contributed by atoms with van der Waals surface area (Å²) < 4.78 is 7.56. The molecular weight excluding hydrogens is 316 g/mol. The lowest BCUT2D eigenvalue weighted by Gasteiger charge is -2.27. The predicted octanol–water partition coefficient (Wildman–Crippen LogP) is 2.26. The molecule has 0 spiro atoms. The summed E-state index contributed by atoms with van der Waals surface area (Å²) in [4.78, 5) is 8.09. The van der Waals surface area contributed by atoms with Crippen LogP contribution in [0.25, 0.3) is 11.0 Å². The smallest absolute Gasteiger partial charge is 0.176 e. The summed E-state index contributed by atoms with van der Waals surface area (Å²) in [5.41, 5.74) is -0.790. The number of ether oxygens (including phenoxy) is 1. The van der Waals surface area contributed by atoms with Gasteiger partial charge in [-0.3, -0.25) is 0 Å². The summed E-state index contributed by atoms with van der Waals surface area (Å²) in [6.07, 6.45) is 8.11. The predicted molar refractivity (Wildman–Crippen MR) is 84.4 cm³/mol. The van der Waals surface area contributed by atoms with Crippen molar-refractivity contribution in [2.45, 2.75) is 38.2 Å². The Morgan fingerprint density at radius 3 is 2.91 bits per heavy atom. The van der Waals surface area contributed by atoms with E-state index in [1.165, 1.54) is 6.33 Å². The van der Waals surface area contributed by atoms with Crippen LogP contribution in [0.15, 0.2) is 12.5 Å². The van der Waals surface area contributed by atoms with Gasteiger partial charge >= 0.3 is 0 Å². The molecule has 3 heterocycles. The molecule has 4 atom stereocenters. The minimum Gasteiger partial charge on any atom is -0.373 e. The van der Waals surface area contributed by atoms with E-state index in [2.05, 4.69) is 22.0 Å². The van der Waals surface area contributed by atoms with Gasteiger partial charge in [0.15, 0.2) is 11.8 Å². The normalized spacial score (nSPS) is 30.3. The van der Waals surface area contributed by atoms with E-state index in [0.717, 1.165) is 0 Å². The molecule has 0 radical (unpaired) electrons. The van der Waals surface area contributed by atoms with Gasteiger partial charge in [-0.1, -0.05) is 31.4 Å². The Morgan fingerprint density at radius 1 is 1.57 bits per heavy atom. The maximum absolute atomic E-state index is 11.0. The molecule has 7 heteroatoms. The topological polar surface area (TPSA) is 84.0 Å². The number of hydrogen-bond donors (Lipinski definition) is 1. The Morgan fingerprint density at radius 2 is 2.30 bits per heavy atom. The fourth-order valence-electron chi connectivity index (χ4n) is 3.14. The van der Waals surface area contributed by atoms with Crippen molar-refractivity contribution in [3.63, 3.8) is 0 Å². The molecule has 0 unspecified atom stereocenters. The minimum atomic E-state index is -1.50. The van der Waals surface area contributed by atoms with Crippen molar-refractivity contribution in [3.8, 4) is 18.4 Å². The van der Waals surface area contributed by atoms with Gasteiger partial charge in [0.05, 0.1) is 17.1 Å². The van der Waals surface area contributed by atoms with Crippen LogP contribution in [-0.2, 0) is 4.74 Å². The Hall–Kier alpha value is -2.12. The minimum absolute atomic E-state index is 0.174. The van der Waals surface area contributed by atoms with Crippen LogP contribution < -0.4 is 0 Å². The third-order valence-electron chi connectivity index (χ3n) is 4.50. The largest absolute Gasteiger partial charge is 0.373 e. The maximum atomic E-state index is 11.0. The van der Waals surface area contributed by atoms with Gasteiger partial charge in [-0.05, 0) is 6.42 Å². The molecule has 1 saturated heterocycles. The molecule has 1 N–H and O–H groups in total. The van der Waals surface area contributed by atoms with Crippen molar-refractivity contribution in [1.29, 1.82) is 5.26 Å². The first-order chi connectivity index (χ1) is 11.0. The fraction of sp³-hybridized carbons (Fsp3) is 0.438. The number of halogens is 1. The van der Waals surface area contributed by atoms with Crippen LogP contribution in [0, 0.1) is 29.6 Å². The van der Waals surface area contributed by atoms with Gasteiger partial charge in [0, 0.05) is 12.1 Å². The zero-order valence-corrected chi connectivity index (χ0v) is 13.4. The van der Waals surface area contributed by atoms with Gasteiger partial charge in [-0.15, -0.1) is 6.42 Å². The molecule has 0 aromatic carbocycles. The molecule has 0 aliphatic carbocycles. The summed E-state index contributed by atoms with van der Waals surface area (Å²) in [5.74, 6) is 2.20. The zero-order valence-electron chi connectivity index (χ0n) is 12.7. The molecule has 2 aromatic rings. The Labute approximate surface area is 138 Å². The van der Waals surface area contributed by atoms with Crippen LogP contribution in [0.5, 0.6) is 0 Å². The molecule has 118 valence electrons. The van der Waals surface area contributed by atoms with Crippen LogP contribution in [0.1, 0.15) is 32.1 Å². The summed E-state index contributed by atoms with van der Waals surface area (Å²) >= 11 is 6.09. The van der Waals surface area contributed by atoms with E-state index in [9.17, 15) is 10.4 Å². The van der Waals surface area contributed by atoms with Crippen molar-refractivity contribution in [2.24, 2.45) is 5.92 Å². The van der Waals surface area contributed by atoms with Gasteiger partial charge < -0.3 is 14.4 Å².